The summed E-state index contributed by atoms with van der Waals surface area (Å²) in [7, 11) is 0. The third-order valence-electron chi connectivity index (χ3n) is 2.71. The topological polar surface area (TPSA) is 32.3 Å². The molecule has 4 heteroatoms. The van der Waals surface area contributed by atoms with Crippen LogP contribution in [0.15, 0.2) is 0 Å². The number of thioether (sulfide) groups is 1. The molecule has 2 atom stereocenters. The van der Waals surface area contributed by atoms with E-state index in [-0.39, 0.29) is 12.1 Å². The zero-order chi connectivity index (χ0) is 11.4. The van der Waals surface area contributed by atoms with E-state index in [1.807, 2.05) is 16.7 Å². The fraction of sp³-hybridized carbons (Fsp3) is 0.909. The Bertz CT molecular complexity index is 221. The smallest absolute Gasteiger partial charge is 0.237 e. The first-order valence-corrected chi connectivity index (χ1v) is 6.97. The van der Waals surface area contributed by atoms with Crippen LogP contribution in [0.1, 0.15) is 20.8 Å². The molecule has 1 rings (SSSR count). The minimum Gasteiger partial charge on any atom is -0.325 e. The third-order valence-corrected chi connectivity index (χ3v) is 3.61. The lowest BCUT2D eigenvalue weighted by Crippen LogP contribution is -2.43. The highest BCUT2D eigenvalue weighted by Gasteiger charge is 2.32. The zero-order valence-electron chi connectivity index (χ0n) is 10.1. The van der Waals surface area contributed by atoms with Crippen LogP contribution in [0.25, 0.3) is 0 Å². The SMILES string of the molecule is CSCC(C)CN1C(=O)CNC1C(C)C. The lowest BCUT2D eigenvalue weighted by atomic mass is 10.1. The van der Waals surface area contributed by atoms with Gasteiger partial charge >= 0.3 is 0 Å². The lowest BCUT2D eigenvalue weighted by molar-refractivity contribution is -0.129. The number of carbonyl (C=O) groups is 1. The molecular weight excluding hydrogens is 208 g/mol. The molecule has 0 aromatic carbocycles. The Morgan fingerprint density at radius 2 is 2.20 bits per heavy atom. The molecule has 0 aromatic rings. The van der Waals surface area contributed by atoms with Crippen molar-refractivity contribution in [3.63, 3.8) is 0 Å². The molecule has 0 radical (unpaired) electrons. The van der Waals surface area contributed by atoms with Crippen LogP contribution >= 0.6 is 11.8 Å². The van der Waals surface area contributed by atoms with Gasteiger partial charge in [-0.05, 0) is 23.8 Å². The van der Waals surface area contributed by atoms with Gasteiger partial charge in [0.05, 0.1) is 12.7 Å². The summed E-state index contributed by atoms with van der Waals surface area (Å²) < 4.78 is 0. The number of nitrogens with zero attached hydrogens (tertiary/aromatic N) is 1. The molecule has 1 fully saturated rings. The molecular formula is C11H22N2OS. The molecule has 1 saturated heterocycles. The maximum atomic E-state index is 11.7. The van der Waals surface area contributed by atoms with Crippen molar-refractivity contribution in [3.05, 3.63) is 0 Å². The molecule has 1 aliphatic heterocycles. The van der Waals surface area contributed by atoms with Crippen molar-refractivity contribution in [2.24, 2.45) is 11.8 Å². The van der Waals surface area contributed by atoms with Gasteiger partial charge in [0, 0.05) is 6.54 Å². The Hall–Kier alpha value is -0.220. The van der Waals surface area contributed by atoms with Crippen molar-refractivity contribution >= 4 is 17.7 Å². The number of amides is 1. The van der Waals surface area contributed by atoms with E-state index in [4.69, 9.17) is 0 Å². The molecule has 1 heterocycles. The van der Waals surface area contributed by atoms with Crippen LogP contribution in [0.3, 0.4) is 0 Å². The average Bonchev–Trinajstić information content (AvgIpc) is 2.48. The van der Waals surface area contributed by atoms with Crippen LogP contribution in [0.2, 0.25) is 0 Å². The second-order valence-corrected chi connectivity index (χ2v) is 5.59. The molecule has 15 heavy (non-hydrogen) atoms. The molecule has 3 nitrogen and oxygen atoms in total. The summed E-state index contributed by atoms with van der Waals surface area (Å²) in [4.78, 5) is 13.7. The van der Waals surface area contributed by atoms with E-state index in [9.17, 15) is 4.79 Å². The largest absolute Gasteiger partial charge is 0.325 e. The number of carbonyl (C=O) groups excluding carboxylic acids is 1. The van der Waals surface area contributed by atoms with E-state index >= 15 is 0 Å². The van der Waals surface area contributed by atoms with Crippen molar-refractivity contribution in [3.8, 4) is 0 Å². The first kappa shape index (κ1) is 12.8. The van der Waals surface area contributed by atoms with Gasteiger partial charge in [-0.15, -0.1) is 0 Å². The van der Waals surface area contributed by atoms with Crippen LogP contribution in [0.5, 0.6) is 0 Å². The predicted octanol–water partition coefficient (Wildman–Crippen LogP) is 1.40. The summed E-state index contributed by atoms with van der Waals surface area (Å²) in [5, 5.41) is 3.27. The lowest BCUT2D eigenvalue weighted by Gasteiger charge is -2.29. The van der Waals surface area contributed by atoms with E-state index in [2.05, 4.69) is 32.3 Å². The number of hydrogen-bond donors (Lipinski definition) is 1. The fourth-order valence-electron chi connectivity index (χ4n) is 2.04. The second kappa shape index (κ2) is 5.75. The van der Waals surface area contributed by atoms with Crippen LogP contribution in [0.4, 0.5) is 0 Å². The summed E-state index contributed by atoms with van der Waals surface area (Å²) in [6, 6.07) is 0. The van der Waals surface area contributed by atoms with E-state index in [1.165, 1.54) is 0 Å². The minimum absolute atomic E-state index is 0.238. The van der Waals surface area contributed by atoms with Crippen molar-refractivity contribution in [2.45, 2.75) is 26.9 Å². The summed E-state index contributed by atoms with van der Waals surface area (Å²) in [6.07, 6.45) is 2.35. The number of hydrogen-bond acceptors (Lipinski definition) is 3. The van der Waals surface area contributed by atoms with Crippen LogP contribution in [-0.2, 0) is 4.79 Å². The van der Waals surface area contributed by atoms with E-state index in [0.717, 1.165) is 12.3 Å². The minimum atomic E-state index is 0.238. The van der Waals surface area contributed by atoms with Crippen molar-refractivity contribution < 1.29 is 4.79 Å². The molecule has 0 bridgehead atoms. The van der Waals surface area contributed by atoms with Crippen LogP contribution < -0.4 is 5.32 Å². The van der Waals surface area contributed by atoms with Crippen molar-refractivity contribution in [1.29, 1.82) is 0 Å². The highest BCUT2D eigenvalue weighted by Crippen LogP contribution is 2.16. The van der Waals surface area contributed by atoms with Crippen LogP contribution in [0, 0.1) is 11.8 Å². The maximum Gasteiger partial charge on any atom is 0.237 e. The molecule has 1 amide bonds. The summed E-state index contributed by atoms with van der Waals surface area (Å²) in [5.74, 6) is 2.43. The standard InChI is InChI=1S/C11H22N2OS/c1-8(2)11-12-5-10(14)13(11)6-9(3)7-15-4/h8-9,11-12H,5-7H2,1-4H3. The molecule has 88 valence electrons. The summed E-state index contributed by atoms with van der Waals surface area (Å²) in [6.45, 7) is 7.91. The fourth-order valence-corrected chi connectivity index (χ4v) is 2.72. The monoisotopic (exact) mass is 230 g/mol. The van der Waals surface area contributed by atoms with E-state index < -0.39 is 0 Å². The highest BCUT2D eigenvalue weighted by molar-refractivity contribution is 7.98. The van der Waals surface area contributed by atoms with Gasteiger partial charge in [-0.1, -0.05) is 20.8 Å². The highest BCUT2D eigenvalue weighted by atomic mass is 32.2. The average molecular weight is 230 g/mol. The van der Waals surface area contributed by atoms with Gasteiger partial charge in [0.1, 0.15) is 0 Å². The van der Waals surface area contributed by atoms with Crippen molar-refractivity contribution in [1.82, 2.24) is 10.2 Å². The van der Waals surface area contributed by atoms with Crippen LogP contribution in [-0.4, -0.2) is 42.1 Å². The Kier molecular flexibility index (Phi) is 4.93. The van der Waals surface area contributed by atoms with Crippen molar-refractivity contribution in [2.75, 3.05) is 25.1 Å². The van der Waals surface area contributed by atoms with E-state index in [0.29, 0.717) is 18.4 Å². The molecule has 1 aliphatic rings. The predicted molar refractivity (Wildman–Crippen MR) is 65.9 cm³/mol. The molecule has 0 aromatic heterocycles. The molecule has 0 aliphatic carbocycles. The first-order valence-electron chi connectivity index (χ1n) is 5.58. The summed E-state index contributed by atoms with van der Waals surface area (Å²) in [5.41, 5.74) is 0. The second-order valence-electron chi connectivity index (χ2n) is 4.68. The molecule has 0 spiro atoms. The first-order chi connectivity index (χ1) is 7.06. The Labute approximate surface area is 97.0 Å². The zero-order valence-corrected chi connectivity index (χ0v) is 10.9. The molecule has 0 saturated carbocycles. The Morgan fingerprint density at radius 3 is 2.73 bits per heavy atom. The van der Waals surface area contributed by atoms with Gasteiger partial charge in [0.15, 0.2) is 0 Å². The summed E-state index contributed by atoms with van der Waals surface area (Å²) >= 11 is 1.85. The maximum absolute atomic E-state index is 11.7. The quantitative estimate of drug-likeness (QED) is 0.775. The van der Waals surface area contributed by atoms with Gasteiger partial charge in [-0.2, -0.15) is 11.8 Å². The van der Waals surface area contributed by atoms with Gasteiger partial charge in [-0.3, -0.25) is 10.1 Å². The van der Waals surface area contributed by atoms with E-state index in [1.54, 1.807) is 0 Å². The van der Waals surface area contributed by atoms with Gasteiger partial charge in [0.2, 0.25) is 5.91 Å². The number of rotatable bonds is 5. The van der Waals surface area contributed by atoms with Gasteiger partial charge in [-0.25, -0.2) is 0 Å². The Morgan fingerprint density at radius 1 is 1.53 bits per heavy atom. The number of nitrogens with one attached hydrogen (secondary N) is 1. The molecule has 1 N–H and O–H groups in total. The molecule has 2 unspecified atom stereocenters. The third kappa shape index (κ3) is 3.38. The Balaban J connectivity index is 2.52. The normalized spacial score (nSPS) is 23.9. The van der Waals surface area contributed by atoms with Gasteiger partial charge in [0.25, 0.3) is 0 Å². The van der Waals surface area contributed by atoms with Gasteiger partial charge < -0.3 is 4.90 Å².